The van der Waals surface area contributed by atoms with Gasteiger partial charge >= 0.3 is 0 Å². The molecule has 14 heavy (non-hydrogen) atoms. The molecule has 1 rings (SSSR count). The van der Waals surface area contributed by atoms with E-state index in [0.29, 0.717) is 5.92 Å². The van der Waals surface area contributed by atoms with Crippen molar-refractivity contribution in [1.82, 2.24) is 5.32 Å². The predicted octanol–water partition coefficient (Wildman–Crippen LogP) is 1.43. The fourth-order valence-corrected chi connectivity index (χ4v) is 1.57. The Morgan fingerprint density at radius 1 is 1.43 bits per heavy atom. The summed E-state index contributed by atoms with van der Waals surface area (Å²) in [5.41, 5.74) is 0. The van der Waals surface area contributed by atoms with Gasteiger partial charge in [-0.25, -0.2) is 0 Å². The summed E-state index contributed by atoms with van der Waals surface area (Å²) in [6.07, 6.45) is 3.50. The lowest BCUT2D eigenvalue weighted by atomic mass is 10.1. The molecule has 3 nitrogen and oxygen atoms in total. The Kier molecular flexibility index (Phi) is 7.01. The van der Waals surface area contributed by atoms with E-state index in [1.54, 1.807) is 0 Å². The van der Waals surface area contributed by atoms with E-state index < -0.39 is 0 Å². The zero-order valence-corrected chi connectivity index (χ0v) is 9.26. The fraction of sp³-hybridized carbons (Fsp3) is 1.00. The van der Waals surface area contributed by atoms with E-state index >= 15 is 0 Å². The van der Waals surface area contributed by atoms with Crippen LogP contribution >= 0.6 is 0 Å². The number of nitrogens with one attached hydrogen (secondary N) is 1. The number of ether oxygens (including phenoxy) is 2. The summed E-state index contributed by atoms with van der Waals surface area (Å²) >= 11 is 0. The van der Waals surface area contributed by atoms with Crippen molar-refractivity contribution < 1.29 is 9.47 Å². The third-order valence-corrected chi connectivity index (χ3v) is 2.45. The summed E-state index contributed by atoms with van der Waals surface area (Å²) in [5.74, 6) is 0.651. The largest absolute Gasteiger partial charge is 0.381 e. The second-order valence-corrected chi connectivity index (χ2v) is 3.91. The topological polar surface area (TPSA) is 30.5 Å². The molecule has 1 saturated heterocycles. The van der Waals surface area contributed by atoms with Gasteiger partial charge in [0.2, 0.25) is 0 Å². The van der Waals surface area contributed by atoms with Crippen molar-refractivity contribution in [2.24, 2.45) is 5.92 Å². The van der Waals surface area contributed by atoms with E-state index in [1.807, 2.05) is 0 Å². The monoisotopic (exact) mass is 201 g/mol. The van der Waals surface area contributed by atoms with Gasteiger partial charge in [-0.1, -0.05) is 6.92 Å². The molecular weight excluding hydrogens is 178 g/mol. The smallest absolute Gasteiger partial charge is 0.0517 e. The van der Waals surface area contributed by atoms with Gasteiger partial charge in [-0.2, -0.15) is 0 Å². The van der Waals surface area contributed by atoms with E-state index in [4.69, 9.17) is 9.47 Å². The highest BCUT2D eigenvalue weighted by molar-refractivity contribution is 4.62. The summed E-state index contributed by atoms with van der Waals surface area (Å²) in [6, 6.07) is 0. The maximum atomic E-state index is 5.58. The van der Waals surface area contributed by atoms with Crippen LogP contribution in [0.1, 0.15) is 26.2 Å². The van der Waals surface area contributed by atoms with Gasteiger partial charge in [0.05, 0.1) is 13.2 Å². The van der Waals surface area contributed by atoms with Gasteiger partial charge in [-0.15, -0.1) is 0 Å². The summed E-state index contributed by atoms with van der Waals surface area (Å²) in [6.45, 7) is 7.97. The summed E-state index contributed by atoms with van der Waals surface area (Å²) in [5, 5.41) is 3.36. The second-order valence-electron chi connectivity index (χ2n) is 3.91. The van der Waals surface area contributed by atoms with Gasteiger partial charge in [0, 0.05) is 19.1 Å². The first-order chi connectivity index (χ1) is 6.93. The molecule has 1 unspecified atom stereocenters. The van der Waals surface area contributed by atoms with Crippen molar-refractivity contribution in [2.45, 2.75) is 26.2 Å². The maximum absolute atomic E-state index is 5.58. The standard InChI is InChI=1S/C11H23NO2/c1-2-5-12-6-3-7-13-9-11-4-8-14-10-11/h11-12H,2-10H2,1H3. The SMILES string of the molecule is CCCNCCCOCC1CCOC1. The Morgan fingerprint density at radius 2 is 2.36 bits per heavy atom. The molecule has 3 heteroatoms. The van der Waals surface area contributed by atoms with Crippen molar-refractivity contribution in [3.05, 3.63) is 0 Å². The van der Waals surface area contributed by atoms with Crippen molar-refractivity contribution in [3.63, 3.8) is 0 Å². The van der Waals surface area contributed by atoms with Crippen molar-refractivity contribution in [3.8, 4) is 0 Å². The molecular formula is C11H23NO2. The fourth-order valence-electron chi connectivity index (χ4n) is 1.57. The van der Waals surface area contributed by atoms with Crippen LogP contribution in [0.3, 0.4) is 0 Å². The van der Waals surface area contributed by atoms with Crippen LogP contribution in [0.5, 0.6) is 0 Å². The quantitative estimate of drug-likeness (QED) is 0.603. The molecule has 0 aromatic carbocycles. The molecule has 1 atom stereocenters. The van der Waals surface area contributed by atoms with E-state index in [2.05, 4.69) is 12.2 Å². The lowest BCUT2D eigenvalue weighted by Gasteiger charge is -2.08. The predicted molar refractivity (Wildman–Crippen MR) is 57.5 cm³/mol. The minimum absolute atomic E-state index is 0.651. The summed E-state index contributed by atoms with van der Waals surface area (Å²) in [4.78, 5) is 0. The Hall–Kier alpha value is -0.120. The molecule has 1 heterocycles. The van der Waals surface area contributed by atoms with Gasteiger partial charge in [0.15, 0.2) is 0 Å². The zero-order chi connectivity index (χ0) is 10.1. The zero-order valence-electron chi connectivity index (χ0n) is 9.26. The highest BCUT2D eigenvalue weighted by atomic mass is 16.5. The highest BCUT2D eigenvalue weighted by Crippen LogP contribution is 2.12. The molecule has 1 N–H and O–H groups in total. The highest BCUT2D eigenvalue weighted by Gasteiger charge is 2.14. The van der Waals surface area contributed by atoms with E-state index in [-0.39, 0.29) is 0 Å². The summed E-state index contributed by atoms with van der Waals surface area (Å²) in [7, 11) is 0. The first-order valence-electron chi connectivity index (χ1n) is 5.79. The molecule has 0 saturated carbocycles. The van der Waals surface area contributed by atoms with Crippen molar-refractivity contribution >= 4 is 0 Å². The number of hydrogen-bond donors (Lipinski definition) is 1. The van der Waals surface area contributed by atoms with Gasteiger partial charge in [-0.3, -0.25) is 0 Å². The van der Waals surface area contributed by atoms with Crippen LogP contribution in [0.15, 0.2) is 0 Å². The molecule has 0 amide bonds. The molecule has 0 bridgehead atoms. The lowest BCUT2D eigenvalue weighted by molar-refractivity contribution is 0.0883. The average molecular weight is 201 g/mol. The number of rotatable bonds is 8. The van der Waals surface area contributed by atoms with Crippen LogP contribution in [-0.4, -0.2) is 39.5 Å². The van der Waals surface area contributed by atoms with Crippen molar-refractivity contribution in [2.75, 3.05) is 39.5 Å². The molecule has 1 aliphatic heterocycles. The van der Waals surface area contributed by atoms with Crippen LogP contribution in [0, 0.1) is 5.92 Å². The van der Waals surface area contributed by atoms with E-state index in [0.717, 1.165) is 45.9 Å². The Morgan fingerprint density at radius 3 is 3.07 bits per heavy atom. The van der Waals surface area contributed by atoms with Crippen LogP contribution in [-0.2, 0) is 9.47 Å². The first kappa shape index (κ1) is 12.0. The van der Waals surface area contributed by atoms with E-state index in [9.17, 15) is 0 Å². The van der Waals surface area contributed by atoms with Crippen molar-refractivity contribution in [1.29, 1.82) is 0 Å². The van der Waals surface area contributed by atoms with E-state index in [1.165, 1.54) is 12.8 Å². The first-order valence-corrected chi connectivity index (χ1v) is 5.79. The van der Waals surface area contributed by atoms with Gasteiger partial charge < -0.3 is 14.8 Å². The van der Waals surface area contributed by atoms with Gasteiger partial charge in [-0.05, 0) is 32.4 Å². The van der Waals surface area contributed by atoms with Crippen LogP contribution < -0.4 is 5.32 Å². The van der Waals surface area contributed by atoms with Crippen LogP contribution in [0.25, 0.3) is 0 Å². The third kappa shape index (κ3) is 5.58. The number of hydrogen-bond acceptors (Lipinski definition) is 3. The maximum Gasteiger partial charge on any atom is 0.0517 e. The second kappa shape index (κ2) is 8.21. The van der Waals surface area contributed by atoms with Gasteiger partial charge in [0.25, 0.3) is 0 Å². The van der Waals surface area contributed by atoms with Gasteiger partial charge in [0.1, 0.15) is 0 Å². The average Bonchev–Trinajstić information content (AvgIpc) is 2.69. The summed E-state index contributed by atoms with van der Waals surface area (Å²) < 4.78 is 10.9. The molecule has 1 aliphatic rings. The van der Waals surface area contributed by atoms with Crippen LogP contribution in [0.2, 0.25) is 0 Å². The lowest BCUT2D eigenvalue weighted by Crippen LogP contribution is -2.18. The normalized spacial score (nSPS) is 21.6. The molecule has 0 aromatic heterocycles. The molecule has 0 aliphatic carbocycles. The minimum atomic E-state index is 0.651. The Labute approximate surface area is 87.2 Å². The Bertz CT molecular complexity index is 124. The minimum Gasteiger partial charge on any atom is -0.381 e. The molecule has 0 aromatic rings. The molecule has 84 valence electrons. The third-order valence-electron chi connectivity index (χ3n) is 2.45. The molecule has 0 radical (unpaired) electrons. The Balaban J connectivity index is 1.75. The van der Waals surface area contributed by atoms with Crippen LogP contribution in [0.4, 0.5) is 0 Å². The molecule has 0 spiro atoms. The molecule has 1 fully saturated rings.